The highest BCUT2D eigenvalue weighted by Crippen LogP contribution is 2.64. The number of benzene rings is 4. The molecule has 0 saturated carbocycles. The lowest BCUT2D eigenvalue weighted by molar-refractivity contribution is 0.349. The average molecular weight is 551 g/mol. The molecular weight excluding hydrogens is 512 g/mol. The zero-order valence-corrected chi connectivity index (χ0v) is 24.6. The van der Waals surface area contributed by atoms with Crippen LogP contribution in [-0.4, -0.2) is 10.2 Å². The summed E-state index contributed by atoms with van der Waals surface area (Å²) in [6, 6.07) is 18.9. The number of hydrogen-bond acceptors (Lipinski definition) is 6. The van der Waals surface area contributed by atoms with Gasteiger partial charge in [0.15, 0.2) is 0 Å². The molecule has 1 spiro atoms. The quantitative estimate of drug-likeness (QED) is 0.151. The highest BCUT2D eigenvalue weighted by Gasteiger charge is 2.56. The number of phenolic OH excluding ortho intramolecular Hbond substituents is 2. The molecular formula is C35H38N2O4. The summed E-state index contributed by atoms with van der Waals surface area (Å²) in [5.74, 6) is 2.65. The van der Waals surface area contributed by atoms with Crippen LogP contribution in [0.4, 0.5) is 11.4 Å². The summed E-state index contributed by atoms with van der Waals surface area (Å²) in [6.07, 6.45) is 1.95. The fourth-order valence-corrected chi connectivity index (χ4v) is 7.22. The Morgan fingerprint density at radius 3 is 1.44 bits per heavy atom. The number of rotatable bonds is 4. The van der Waals surface area contributed by atoms with Crippen LogP contribution in [0.25, 0.3) is 0 Å². The monoisotopic (exact) mass is 550 g/mol. The molecule has 6 rings (SSSR count). The molecule has 4 aromatic carbocycles. The molecule has 212 valence electrons. The topological polar surface area (TPSA) is 111 Å². The van der Waals surface area contributed by atoms with Gasteiger partial charge in [-0.2, -0.15) is 0 Å². The molecule has 1 atom stereocenters. The van der Waals surface area contributed by atoms with E-state index in [0.717, 1.165) is 35.5 Å². The lowest BCUT2D eigenvalue weighted by Crippen LogP contribution is -2.27. The predicted molar refractivity (Wildman–Crippen MR) is 164 cm³/mol. The van der Waals surface area contributed by atoms with Gasteiger partial charge in [-0.3, -0.25) is 0 Å². The number of ether oxygens (including phenoxy) is 2. The van der Waals surface area contributed by atoms with Crippen molar-refractivity contribution in [3.63, 3.8) is 0 Å². The maximum absolute atomic E-state index is 10.1. The third kappa shape index (κ3) is 4.24. The summed E-state index contributed by atoms with van der Waals surface area (Å²) >= 11 is 0. The van der Waals surface area contributed by atoms with Gasteiger partial charge in [0.2, 0.25) is 0 Å². The van der Waals surface area contributed by atoms with Crippen LogP contribution in [0, 0.1) is 13.8 Å². The van der Waals surface area contributed by atoms with E-state index in [9.17, 15) is 10.2 Å². The smallest absolute Gasteiger partial charge is 0.142 e. The van der Waals surface area contributed by atoms with Crippen molar-refractivity contribution in [3.05, 3.63) is 94.0 Å². The fourth-order valence-electron chi connectivity index (χ4n) is 7.22. The number of fused-ring (bicyclic) bond motifs is 4. The molecule has 0 radical (unpaired) electrons. The van der Waals surface area contributed by atoms with E-state index in [4.69, 9.17) is 20.9 Å². The Morgan fingerprint density at radius 1 is 0.585 bits per heavy atom. The van der Waals surface area contributed by atoms with Gasteiger partial charge < -0.3 is 31.2 Å². The maximum atomic E-state index is 10.1. The van der Waals surface area contributed by atoms with Crippen molar-refractivity contribution in [1.29, 1.82) is 0 Å². The van der Waals surface area contributed by atoms with E-state index in [1.54, 1.807) is 36.4 Å². The first-order chi connectivity index (χ1) is 19.2. The molecule has 2 aliphatic rings. The second-order valence-corrected chi connectivity index (χ2v) is 13.2. The number of aryl methyl sites for hydroxylation is 2. The van der Waals surface area contributed by atoms with Crippen LogP contribution in [0.5, 0.6) is 34.5 Å². The predicted octanol–water partition coefficient (Wildman–Crippen LogP) is 8.11. The van der Waals surface area contributed by atoms with Crippen molar-refractivity contribution in [2.45, 2.75) is 70.6 Å². The average Bonchev–Trinajstić information content (AvgIpc) is 3.23. The highest BCUT2D eigenvalue weighted by atomic mass is 16.5. The van der Waals surface area contributed by atoms with E-state index in [1.165, 1.54) is 22.3 Å². The number of nitrogens with two attached hydrogens (primary N) is 2. The zero-order chi connectivity index (χ0) is 29.5. The van der Waals surface area contributed by atoms with E-state index in [-0.39, 0.29) is 27.7 Å². The summed E-state index contributed by atoms with van der Waals surface area (Å²) in [7, 11) is 0. The van der Waals surface area contributed by atoms with Gasteiger partial charge >= 0.3 is 0 Å². The molecule has 0 aromatic heterocycles. The minimum atomic E-state index is -0.185. The Kier molecular flexibility index (Phi) is 5.79. The first-order valence-corrected chi connectivity index (χ1v) is 14.0. The Bertz CT molecular complexity index is 1720. The van der Waals surface area contributed by atoms with Gasteiger partial charge in [0.1, 0.15) is 34.5 Å². The van der Waals surface area contributed by atoms with Gasteiger partial charge in [0.05, 0.1) is 11.4 Å². The van der Waals surface area contributed by atoms with Crippen molar-refractivity contribution < 1.29 is 19.7 Å². The molecule has 41 heavy (non-hydrogen) atoms. The molecule has 0 fully saturated rings. The number of aromatic hydroxyl groups is 2. The van der Waals surface area contributed by atoms with Crippen molar-refractivity contribution in [3.8, 4) is 34.5 Å². The molecule has 0 bridgehead atoms. The van der Waals surface area contributed by atoms with E-state index < -0.39 is 0 Å². The molecule has 0 heterocycles. The summed E-state index contributed by atoms with van der Waals surface area (Å²) in [4.78, 5) is 0. The summed E-state index contributed by atoms with van der Waals surface area (Å²) in [5.41, 5.74) is 19.3. The minimum Gasteiger partial charge on any atom is -0.506 e. The van der Waals surface area contributed by atoms with Crippen LogP contribution >= 0.6 is 0 Å². The maximum Gasteiger partial charge on any atom is 0.142 e. The molecule has 2 aliphatic carbocycles. The van der Waals surface area contributed by atoms with Crippen molar-refractivity contribution in [1.82, 2.24) is 0 Å². The van der Waals surface area contributed by atoms with Crippen molar-refractivity contribution in [2.24, 2.45) is 0 Å². The Balaban J connectivity index is 1.47. The van der Waals surface area contributed by atoms with Crippen LogP contribution in [0.1, 0.15) is 73.9 Å². The van der Waals surface area contributed by atoms with Crippen LogP contribution in [0.15, 0.2) is 60.7 Å². The lowest BCUT2D eigenvalue weighted by atomic mass is 9.72. The molecule has 6 heteroatoms. The van der Waals surface area contributed by atoms with Gasteiger partial charge in [-0.25, -0.2) is 0 Å². The molecule has 6 nitrogen and oxygen atoms in total. The second kappa shape index (κ2) is 8.84. The van der Waals surface area contributed by atoms with E-state index in [1.807, 2.05) is 0 Å². The molecule has 6 N–H and O–H groups in total. The van der Waals surface area contributed by atoms with E-state index in [0.29, 0.717) is 22.9 Å². The van der Waals surface area contributed by atoms with Gasteiger partial charge in [-0.1, -0.05) is 39.8 Å². The molecule has 0 amide bonds. The third-order valence-electron chi connectivity index (χ3n) is 9.07. The summed E-state index contributed by atoms with van der Waals surface area (Å²) in [5, 5.41) is 20.2. The first-order valence-electron chi connectivity index (χ1n) is 14.0. The second-order valence-electron chi connectivity index (χ2n) is 13.2. The number of hydrogen-bond donors (Lipinski definition) is 4. The van der Waals surface area contributed by atoms with Crippen LogP contribution in [-0.2, 0) is 16.2 Å². The summed E-state index contributed by atoms with van der Waals surface area (Å²) in [6.45, 7) is 13.4. The largest absolute Gasteiger partial charge is 0.506 e. The minimum absolute atomic E-state index is 0.00731. The van der Waals surface area contributed by atoms with E-state index in [2.05, 4.69) is 65.8 Å². The Morgan fingerprint density at radius 2 is 0.976 bits per heavy atom. The number of anilines is 2. The molecule has 1 unspecified atom stereocenters. The molecule has 0 aliphatic heterocycles. The third-order valence-corrected chi connectivity index (χ3v) is 9.07. The standard InChI is InChI=1S/C35H38N2O4/c1-19-11-23-26(16-32(19)41-22-8-10-28(37)30(39)14-22)35(17-33(23,3)4)18-34(5,6)24-15-31(20(2)12-25(24)35)40-21-7-9-27(36)29(38)13-21/h7-16,38-39H,17-18,36-37H2,1-6H3. The fraction of sp³-hybridized carbons (Fsp3) is 0.314. The Labute approximate surface area is 241 Å². The van der Waals surface area contributed by atoms with Gasteiger partial charge in [0, 0.05) is 17.5 Å². The first kappa shape index (κ1) is 26.9. The van der Waals surface area contributed by atoms with Gasteiger partial charge in [-0.15, -0.1) is 0 Å². The van der Waals surface area contributed by atoms with Gasteiger partial charge in [-0.05, 0) is 107 Å². The SMILES string of the molecule is Cc1cc2c(cc1Oc1ccc(N)c(O)c1)C(C)(C)CC21CC(C)(C)c2cc(C)c(Oc3ccc(N)c(O)c3)cc21. The zero-order valence-electron chi connectivity index (χ0n) is 24.6. The van der Waals surface area contributed by atoms with Crippen LogP contribution in [0.2, 0.25) is 0 Å². The van der Waals surface area contributed by atoms with E-state index >= 15 is 0 Å². The van der Waals surface area contributed by atoms with Crippen LogP contribution < -0.4 is 20.9 Å². The normalized spacial score (nSPS) is 19.7. The van der Waals surface area contributed by atoms with Crippen molar-refractivity contribution >= 4 is 11.4 Å². The number of phenols is 2. The highest BCUT2D eigenvalue weighted by molar-refractivity contribution is 5.65. The molecule has 4 aromatic rings. The van der Waals surface area contributed by atoms with Gasteiger partial charge in [0.25, 0.3) is 0 Å². The lowest BCUT2D eigenvalue weighted by Gasteiger charge is -2.31. The van der Waals surface area contributed by atoms with Crippen molar-refractivity contribution in [2.75, 3.05) is 11.5 Å². The van der Waals surface area contributed by atoms with Crippen LogP contribution in [0.3, 0.4) is 0 Å². The number of nitrogen functional groups attached to an aromatic ring is 2. The summed E-state index contributed by atoms with van der Waals surface area (Å²) < 4.78 is 12.6. The Hall–Kier alpha value is -4.32. The molecule has 0 saturated heterocycles.